The van der Waals surface area contributed by atoms with E-state index in [0.29, 0.717) is 13.0 Å². The van der Waals surface area contributed by atoms with Crippen LogP contribution in [0, 0.1) is 12.7 Å². The molecule has 0 radical (unpaired) electrons. The number of ether oxygens (including phenoxy) is 1. The van der Waals surface area contributed by atoms with Gasteiger partial charge in [0.2, 0.25) is 10.0 Å². The Kier molecular flexibility index (Phi) is 6.54. The third-order valence-electron chi connectivity index (χ3n) is 2.90. The zero-order chi connectivity index (χ0) is 15.2. The fraction of sp³-hybridized carbons (Fsp3) is 0.538. The molecular formula is C13H20FNO4S. The standard InChI is InChI=1S/C13H20FNO4S/c1-10-12(14)7-11(9-16)8-13(10)20(17,18)15-5-3-4-6-19-2/h7-8,15-16H,3-6,9H2,1-2H3. The van der Waals surface area contributed by atoms with Crippen LogP contribution in [0.2, 0.25) is 0 Å². The monoisotopic (exact) mass is 305 g/mol. The van der Waals surface area contributed by atoms with Gasteiger partial charge in [0, 0.05) is 25.8 Å². The summed E-state index contributed by atoms with van der Waals surface area (Å²) in [6, 6.07) is 2.42. The molecule has 0 aromatic heterocycles. The number of aliphatic hydroxyl groups excluding tert-OH is 1. The largest absolute Gasteiger partial charge is 0.392 e. The average molecular weight is 305 g/mol. The minimum atomic E-state index is -3.78. The Balaban J connectivity index is 2.84. The molecule has 0 unspecified atom stereocenters. The second kappa shape index (κ2) is 7.68. The number of unbranched alkanes of at least 4 members (excludes halogenated alkanes) is 1. The predicted molar refractivity (Wildman–Crippen MR) is 73.4 cm³/mol. The Labute approximate surface area is 118 Å². The maximum absolute atomic E-state index is 13.6. The molecule has 7 heteroatoms. The van der Waals surface area contributed by atoms with Gasteiger partial charge in [0.25, 0.3) is 0 Å². The van der Waals surface area contributed by atoms with Crippen LogP contribution in [-0.4, -0.2) is 33.8 Å². The molecule has 2 N–H and O–H groups in total. The van der Waals surface area contributed by atoms with E-state index >= 15 is 0 Å². The number of hydrogen-bond donors (Lipinski definition) is 2. The Hall–Kier alpha value is -1.02. The summed E-state index contributed by atoms with van der Waals surface area (Å²) in [5.41, 5.74) is 0.277. The highest BCUT2D eigenvalue weighted by Crippen LogP contribution is 2.20. The molecule has 1 rings (SSSR count). The summed E-state index contributed by atoms with van der Waals surface area (Å²) in [7, 11) is -2.20. The Bertz CT molecular complexity index is 546. The van der Waals surface area contributed by atoms with E-state index in [9.17, 15) is 12.8 Å². The lowest BCUT2D eigenvalue weighted by molar-refractivity contribution is 0.193. The first kappa shape index (κ1) is 17.0. The summed E-state index contributed by atoms with van der Waals surface area (Å²) in [4.78, 5) is -0.131. The summed E-state index contributed by atoms with van der Waals surface area (Å²) in [6.07, 6.45) is 1.37. The van der Waals surface area contributed by atoms with Crippen molar-refractivity contribution in [2.45, 2.75) is 31.3 Å². The first-order valence-corrected chi connectivity index (χ1v) is 7.79. The van der Waals surface area contributed by atoms with Crippen molar-refractivity contribution in [3.63, 3.8) is 0 Å². The van der Waals surface area contributed by atoms with Gasteiger partial charge in [-0.05, 0) is 37.5 Å². The molecular weight excluding hydrogens is 285 g/mol. The average Bonchev–Trinajstić information content (AvgIpc) is 2.41. The van der Waals surface area contributed by atoms with Crippen molar-refractivity contribution in [2.24, 2.45) is 0 Å². The SMILES string of the molecule is COCCCCNS(=O)(=O)c1cc(CO)cc(F)c1C. The maximum Gasteiger partial charge on any atom is 0.240 e. The number of halogens is 1. The van der Waals surface area contributed by atoms with Gasteiger partial charge >= 0.3 is 0 Å². The van der Waals surface area contributed by atoms with Gasteiger partial charge < -0.3 is 9.84 Å². The van der Waals surface area contributed by atoms with Gasteiger partial charge in [0.1, 0.15) is 5.82 Å². The van der Waals surface area contributed by atoms with Crippen molar-refractivity contribution < 1.29 is 22.7 Å². The van der Waals surface area contributed by atoms with E-state index in [1.54, 1.807) is 7.11 Å². The van der Waals surface area contributed by atoms with Gasteiger partial charge in [-0.1, -0.05) is 0 Å². The van der Waals surface area contributed by atoms with Gasteiger partial charge in [-0.15, -0.1) is 0 Å². The third kappa shape index (κ3) is 4.52. The lowest BCUT2D eigenvalue weighted by Crippen LogP contribution is -2.26. The van der Waals surface area contributed by atoms with Gasteiger partial charge in [-0.2, -0.15) is 0 Å². The Morgan fingerprint density at radius 3 is 2.65 bits per heavy atom. The Morgan fingerprint density at radius 2 is 2.05 bits per heavy atom. The van der Waals surface area contributed by atoms with E-state index in [1.807, 2.05) is 0 Å². The molecule has 0 bridgehead atoms. The molecule has 0 fully saturated rings. The number of rotatable bonds is 8. The summed E-state index contributed by atoms with van der Waals surface area (Å²) in [5.74, 6) is -0.642. The van der Waals surface area contributed by atoms with Crippen LogP contribution in [0.1, 0.15) is 24.0 Å². The molecule has 5 nitrogen and oxygen atoms in total. The van der Waals surface area contributed by atoms with Crippen LogP contribution in [0.4, 0.5) is 4.39 Å². The van der Waals surface area contributed by atoms with E-state index in [2.05, 4.69) is 4.72 Å². The molecule has 1 aromatic rings. The molecule has 114 valence electrons. The molecule has 0 spiro atoms. The van der Waals surface area contributed by atoms with Crippen molar-refractivity contribution in [1.29, 1.82) is 0 Å². The molecule has 20 heavy (non-hydrogen) atoms. The minimum absolute atomic E-state index is 0.0478. The van der Waals surface area contributed by atoms with Crippen molar-refractivity contribution in [3.05, 3.63) is 29.1 Å². The third-order valence-corrected chi connectivity index (χ3v) is 4.48. The number of nitrogens with one attached hydrogen (secondary N) is 1. The highest BCUT2D eigenvalue weighted by Gasteiger charge is 2.19. The Morgan fingerprint density at radius 1 is 1.35 bits per heavy atom. The summed E-state index contributed by atoms with van der Waals surface area (Å²) in [5, 5.41) is 9.02. The highest BCUT2D eigenvalue weighted by atomic mass is 32.2. The van der Waals surface area contributed by atoms with Crippen LogP contribution >= 0.6 is 0 Å². The van der Waals surface area contributed by atoms with E-state index < -0.39 is 22.4 Å². The van der Waals surface area contributed by atoms with Crippen molar-refractivity contribution in [2.75, 3.05) is 20.3 Å². The van der Waals surface area contributed by atoms with Gasteiger partial charge in [-0.25, -0.2) is 17.5 Å². The lowest BCUT2D eigenvalue weighted by atomic mass is 10.1. The number of aliphatic hydroxyl groups is 1. The molecule has 0 atom stereocenters. The smallest absolute Gasteiger partial charge is 0.240 e. The molecule has 0 aliphatic heterocycles. The lowest BCUT2D eigenvalue weighted by Gasteiger charge is -2.11. The van der Waals surface area contributed by atoms with Crippen LogP contribution in [0.3, 0.4) is 0 Å². The number of hydrogen-bond acceptors (Lipinski definition) is 4. The number of benzene rings is 1. The first-order chi connectivity index (χ1) is 9.42. The first-order valence-electron chi connectivity index (χ1n) is 6.31. The fourth-order valence-electron chi connectivity index (χ4n) is 1.73. The molecule has 0 saturated carbocycles. The van der Waals surface area contributed by atoms with Gasteiger partial charge in [-0.3, -0.25) is 0 Å². The molecule has 0 aliphatic carbocycles. The second-order valence-electron chi connectivity index (χ2n) is 4.46. The summed E-state index contributed by atoms with van der Waals surface area (Å²) in [6.45, 7) is 1.81. The topological polar surface area (TPSA) is 75.6 Å². The van der Waals surface area contributed by atoms with Crippen LogP contribution < -0.4 is 4.72 Å². The second-order valence-corrected chi connectivity index (χ2v) is 6.19. The maximum atomic E-state index is 13.6. The van der Waals surface area contributed by atoms with Crippen LogP contribution in [0.25, 0.3) is 0 Å². The number of sulfonamides is 1. The highest BCUT2D eigenvalue weighted by molar-refractivity contribution is 7.89. The van der Waals surface area contributed by atoms with E-state index in [1.165, 1.54) is 13.0 Å². The molecule has 0 saturated heterocycles. The summed E-state index contributed by atoms with van der Waals surface area (Å²) < 4.78 is 45.1. The van der Waals surface area contributed by atoms with E-state index in [4.69, 9.17) is 9.84 Å². The van der Waals surface area contributed by atoms with Crippen LogP contribution in [0.15, 0.2) is 17.0 Å². The minimum Gasteiger partial charge on any atom is -0.392 e. The van der Waals surface area contributed by atoms with E-state index in [-0.39, 0.29) is 22.6 Å². The van der Waals surface area contributed by atoms with Crippen molar-refractivity contribution in [3.8, 4) is 0 Å². The molecule has 0 amide bonds. The van der Waals surface area contributed by atoms with E-state index in [0.717, 1.165) is 12.5 Å². The number of methoxy groups -OCH3 is 1. The van der Waals surface area contributed by atoms with Crippen molar-refractivity contribution in [1.82, 2.24) is 4.72 Å². The van der Waals surface area contributed by atoms with Crippen LogP contribution in [-0.2, 0) is 21.4 Å². The summed E-state index contributed by atoms with van der Waals surface area (Å²) >= 11 is 0. The normalized spacial score (nSPS) is 11.8. The molecule has 0 aliphatic rings. The van der Waals surface area contributed by atoms with Gasteiger partial charge in [0.05, 0.1) is 11.5 Å². The zero-order valence-electron chi connectivity index (χ0n) is 11.6. The van der Waals surface area contributed by atoms with Crippen molar-refractivity contribution >= 4 is 10.0 Å². The van der Waals surface area contributed by atoms with Gasteiger partial charge in [0.15, 0.2) is 0 Å². The molecule has 0 heterocycles. The quantitative estimate of drug-likeness (QED) is 0.711. The zero-order valence-corrected chi connectivity index (χ0v) is 12.5. The van der Waals surface area contributed by atoms with Crippen LogP contribution in [0.5, 0.6) is 0 Å². The predicted octanol–water partition coefficient (Wildman–Crippen LogP) is 1.33. The molecule has 1 aromatic carbocycles. The fourth-order valence-corrected chi connectivity index (χ4v) is 3.11.